The van der Waals surface area contributed by atoms with Crippen molar-refractivity contribution in [2.45, 2.75) is 12.6 Å². The van der Waals surface area contributed by atoms with Gasteiger partial charge in [-0.15, -0.1) is 0 Å². The van der Waals surface area contributed by atoms with Crippen LogP contribution in [0.25, 0.3) is 5.76 Å². The predicted molar refractivity (Wildman–Crippen MR) is 111 cm³/mol. The van der Waals surface area contributed by atoms with E-state index in [9.17, 15) is 19.1 Å². The Morgan fingerprint density at radius 1 is 1.06 bits per heavy atom. The molecule has 6 nitrogen and oxygen atoms in total. The number of aromatic nitrogens is 1. The monoisotopic (exact) mass is 418 g/mol. The summed E-state index contributed by atoms with van der Waals surface area (Å²) in [7, 11) is 1.49. The van der Waals surface area contributed by atoms with Crippen LogP contribution in [0.3, 0.4) is 0 Å². The van der Waals surface area contributed by atoms with Gasteiger partial charge in [-0.3, -0.25) is 14.6 Å². The average Bonchev–Trinajstić information content (AvgIpc) is 3.04. The minimum Gasteiger partial charge on any atom is -0.507 e. The number of hydrogen-bond acceptors (Lipinski definition) is 5. The number of likely N-dealkylation sites (tertiary alicyclic amines) is 1. The van der Waals surface area contributed by atoms with Gasteiger partial charge in [0.2, 0.25) is 0 Å². The number of rotatable bonds is 5. The molecule has 7 heteroatoms. The summed E-state index contributed by atoms with van der Waals surface area (Å²) in [4.78, 5) is 31.6. The molecule has 1 aliphatic heterocycles. The zero-order valence-corrected chi connectivity index (χ0v) is 16.7. The minimum absolute atomic E-state index is 0.0638. The Balaban J connectivity index is 1.90. The van der Waals surface area contributed by atoms with Gasteiger partial charge in [0.05, 0.1) is 31.0 Å². The van der Waals surface area contributed by atoms with Crippen LogP contribution in [0.5, 0.6) is 5.75 Å². The number of nitrogens with zero attached hydrogens (tertiary/aromatic N) is 2. The lowest BCUT2D eigenvalue weighted by Gasteiger charge is -2.26. The standard InChI is InChI=1S/C24H19FN2O4/c1-31-19-8-3-2-7-18(19)21-20(22(28)15-9-11-16(25)12-10-15)23(29)24(30)27(21)14-17-6-4-5-13-26-17/h2-13,21,28H,14H2,1H3/b22-20-. The number of pyridine rings is 1. The number of methoxy groups -OCH3 is 1. The third-order valence-electron chi connectivity index (χ3n) is 5.15. The average molecular weight is 418 g/mol. The summed E-state index contributed by atoms with van der Waals surface area (Å²) in [6, 6.07) is 16.4. The second kappa shape index (κ2) is 8.39. The van der Waals surface area contributed by atoms with Gasteiger partial charge in [-0.25, -0.2) is 4.39 Å². The van der Waals surface area contributed by atoms with Crippen molar-refractivity contribution in [2.75, 3.05) is 7.11 Å². The lowest BCUT2D eigenvalue weighted by molar-refractivity contribution is -0.140. The Kier molecular flexibility index (Phi) is 5.49. The van der Waals surface area contributed by atoms with Crippen LogP contribution in [0.15, 0.2) is 78.5 Å². The zero-order valence-electron chi connectivity index (χ0n) is 16.7. The Labute approximate surface area is 178 Å². The number of Topliss-reactive ketones (excluding diaryl/α,β-unsaturated/α-hetero) is 1. The van der Waals surface area contributed by atoms with E-state index in [0.29, 0.717) is 17.0 Å². The highest BCUT2D eigenvalue weighted by Gasteiger charge is 2.47. The minimum atomic E-state index is -0.900. The molecular formula is C24H19FN2O4. The fraction of sp³-hybridized carbons (Fsp3) is 0.125. The van der Waals surface area contributed by atoms with Crippen molar-refractivity contribution in [1.29, 1.82) is 0 Å². The first kappa shape index (κ1) is 20.3. The zero-order chi connectivity index (χ0) is 22.0. The van der Waals surface area contributed by atoms with Gasteiger partial charge in [-0.1, -0.05) is 24.3 Å². The van der Waals surface area contributed by atoms with Crippen LogP contribution in [-0.2, 0) is 16.1 Å². The molecule has 1 fully saturated rings. The van der Waals surface area contributed by atoms with Crippen LogP contribution in [0.1, 0.15) is 22.9 Å². The van der Waals surface area contributed by atoms with E-state index >= 15 is 0 Å². The molecule has 2 heterocycles. The van der Waals surface area contributed by atoms with Gasteiger partial charge < -0.3 is 14.7 Å². The summed E-state index contributed by atoms with van der Waals surface area (Å²) < 4.78 is 18.8. The number of aliphatic hydroxyl groups is 1. The fourth-order valence-electron chi connectivity index (χ4n) is 3.69. The number of para-hydroxylation sites is 1. The van der Waals surface area contributed by atoms with E-state index in [2.05, 4.69) is 4.98 Å². The maximum absolute atomic E-state index is 13.4. The molecule has 0 radical (unpaired) electrons. The van der Waals surface area contributed by atoms with E-state index in [1.165, 1.54) is 36.3 Å². The molecule has 31 heavy (non-hydrogen) atoms. The summed E-state index contributed by atoms with van der Waals surface area (Å²) >= 11 is 0. The topological polar surface area (TPSA) is 79.7 Å². The highest BCUT2D eigenvalue weighted by molar-refractivity contribution is 6.46. The van der Waals surface area contributed by atoms with Gasteiger partial charge in [-0.05, 0) is 42.5 Å². The molecule has 1 aromatic heterocycles. The fourth-order valence-corrected chi connectivity index (χ4v) is 3.69. The van der Waals surface area contributed by atoms with Crippen molar-refractivity contribution in [3.63, 3.8) is 0 Å². The highest BCUT2D eigenvalue weighted by Crippen LogP contribution is 2.43. The predicted octanol–water partition coefficient (Wildman–Crippen LogP) is 3.85. The smallest absolute Gasteiger partial charge is 0.296 e. The van der Waals surface area contributed by atoms with Crippen molar-refractivity contribution in [3.05, 3.63) is 101 Å². The Morgan fingerprint density at radius 2 is 1.77 bits per heavy atom. The molecule has 1 aliphatic rings. The summed E-state index contributed by atoms with van der Waals surface area (Å²) in [6.07, 6.45) is 1.60. The SMILES string of the molecule is COc1ccccc1C1/C(=C(/O)c2ccc(F)cc2)C(=O)C(=O)N1Cc1ccccn1. The number of benzene rings is 2. The van der Waals surface area contributed by atoms with Crippen LogP contribution in [0.2, 0.25) is 0 Å². The van der Waals surface area contributed by atoms with E-state index in [1.54, 1.807) is 48.7 Å². The number of aliphatic hydroxyl groups excluding tert-OH is 1. The molecule has 156 valence electrons. The van der Waals surface area contributed by atoms with E-state index in [-0.39, 0.29) is 23.4 Å². The molecule has 0 aliphatic carbocycles. The Hall–Kier alpha value is -4.00. The summed E-state index contributed by atoms with van der Waals surface area (Å²) in [5, 5.41) is 11.0. The van der Waals surface area contributed by atoms with Gasteiger partial charge in [0.25, 0.3) is 11.7 Å². The summed E-state index contributed by atoms with van der Waals surface area (Å²) in [5.41, 5.74) is 1.28. The van der Waals surface area contributed by atoms with Gasteiger partial charge in [0, 0.05) is 17.3 Å². The number of ether oxygens (including phenoxy) is 1. The van der Waals surface area contributed by atoms with Crippen molar-refractivity contribution in [3.8, 4) is 5.75 Å². The molecule has 1 atom stereocenters. The van der Waals surface area contributed by atoms with Crippen molar-refractivity contribution >= 4 is 17.4 Å². The molecular weight excluding hydrogens is 399 g/mol. The van der Waals surface area contributed by atoms with Crippen LogP contribution < -0.4 is 4.74 Å². The second-order valence-corrected chi connectivity index (χ2v) is 7.00. The van der Waals surface area contributed by atoms with Crippen LogP contribution in [0, 0.1) is 5.82 Å². The molecule has 4 rings (SSSR count). The highest BCUT2D eigenvalue weighted by atomic mass is 19.1. The first-order valence-corrected chi connectivity index (χ1v) is 9.58. The van der Waals surface area contributed by atoms with E-state index < -0.39 is 23.5 Å². The van der Waals surface area contributed by atoms with E-state index in [1.807, 2.05) is 0 Å². The van der Waals surface area contributed by atoms with Gasteiger partial charge in [0.1, 0.15) is 17.3 Å². The van der Waals surface area contributed by atoms with E-state index in [0.717, 1.165) is 0 Å². The Bertz CT molecular complexity index is 1160. The molecule has 1 saturated heterocycles. The molecule has 1 amide bonds. The van der Waals surface area contributed by atoms with Gasteiger partial charge in [0.15, 0.2) is 0 Å². The van der Waals surface area contributed by atoms with Crippen LogP contribution in [-0.4, -0.2) is 33.8 Å². The van der Waals surface area contributed by atoms with E-state index in [4.69, 9.17) is 4.74 Å². The number of hydrogen-bond donors (Lipinski definition) is 1. The number of halogens is 1. The number of carbonyl (C=O) groups excluding carboxylic acids is 2. The Morgan fingerprint density at radius 3 is 2.45 bits per heavy atom. The molecule has 0 spiro atoms. The normalized spacial score (nSPS) is 17.7. The quantitative estimate of drug-likeness (QED) is 0.387. The van der Waals surface area contributed by atoms with Gasteiger partial charge >= 0.3 is 0 Å². The molecule has 0 saturated carbocycles. The molecule has 2 aromatic carbocycles. The largest absolute Gasteiger partial charge is 0.507 e. The first-order valence-electron chi connectivity index (χ1n) is 9.58. The molecule has 1 unspecified atom stereocenters. The molecule has 1 N–H and O–H groups in total. The maximum atomic E-state index is 13.4. The van der Waals surface area contributed by atoms with Gasteiger partial charge in [-0.2, -0.15) is 0 Å². The number of ketones is 1. The van der Waals surface area contributed by atoms with Crippen molar-refractivity contribution in [2.24, 2.45) is 0 Å². The second-order valence-electron chi connectivity index (χ2n) is 7.00. The van der Waals surface area contributed by atoms with Crippen LogP contribution >= 0.6 is 0 Å². The maximum Gasteiger partial charge on any atom is 0.296 e. The number of amides is 1. The van der Waals surface area contributed by atoms with Crippen molar-refractivity contribution in [1.82, 2.24) is 9.88 Å². The summed E-state index contributed by atoms with van der Waals surface area (Å²) in [6.45, 7) is 0.0638. The third-order valence-corrected chi connectivity index (χ3v) is 5.15. The number of carbonyl (C=O) groups is 2. The molecule has 0 bridgehead atoms. The van der Waals surface area contributed by atoms with Crippen LogP contribution in [0.4, 0.5) is 4.39 Å². The first-order chi connectivity index (χ1) is 15.0. The summed E-state index contributed by atoms with van der Waals surface area (Å²) in [5.74, 6) is -1.98. The van der Waals surface area contributed by atoms with Crippen molar-refractivity contribution < 1.29 is 23.8 Å². The lowest BCUT2D eigenvalue weighted by atomic mass is 9.94. The third kappa shape index (κ3) is 3.77. The lowest BCUT2D eigenvalue weighted by Crippen LogP contribution is -2.29. The molecule has 3 aromatic rings.